The molecule has 21 heavy (non-hydrogen) atoms. The molecule has 1 heterocycles. The fourth-order valence-corrected chi connectivity index (χ4v) is 3.06. The highest BCUT2D eigenvalue weighted by Crippen LogP contribution is 2.45. The van der Waals surface area contributed by atoms with Gasteiger partial charge in [0.2, 0.25) is 5.91 Å². The molecule has 0 bridgehead atoms. The molecule has 8 heteroatoms. The van der Waals surface area contributed by atoms with Gasteiger partial charge in [-0.3, -0.25) is 9.69 Å². The van der Waals surface area contributed by atoms with E-state index in [9.17, 15) is 14.0 Å². The van der Waals surface area contributed by atoms with Gasteiger partial charge in [0.15, 0.2) is 4.87 Å². The van der Waals surface area contributed by atoms with Gasteiger partial charge in [0.25, 0.3) is 0 Å². The van der Waals surface area contributed by atoms with E-state index in [0.29, 0.717) is 5.69 Å². The van der Waals surface area contributed by atoms with Gasteiger partial charge in [0.1, 0.15) is 10.3 Å². The summed E-state index contributed by atoms with van der Waals surface area (Å²) < 4.78 is 17.3. The number of methoxy groups -OCH3 is 1. The summed E-state index contributed by atoms with van der Waals surface area (Å²) in [6.07, 6.45) is -0.364. The summed E-state index contributed by atoms with van der Waals surface area (Å²) in [5, 5.41) is 0. The van der Waals surface area contributed by atoms with Crippen LogP contribution in [0, 0.1) is 5.82 Å². The van der Waals surface area contributed by atoms with Gasteiger partial charge < -0.3 is 4.74 Å². The molecule has 112 valence electrons. The summed E-state index contributed by atoms with van der Waals surface area (Å²) in [6, 6.07) is 5.03. The van der Waals surface area contributed by atoms with Crippen molar-refractivity contribution in [1.29, 1.82) is 0 Å². The number of carbonyl (C=O) groups is 2. The number of hydrogen-bond donors (Lipinski definition) is 0. The van der Waals surface area contributed by atoms with E-state index in [1.165, 1.54) is 12.1 Å². The molecule has 1 unspecified atom stereocenters. The Hall–Kier alpha value is -1.30. The summed E-state index contributed by atoms with van der Waals surface area (Å²) in [7, 11) is 1.14. The minimum absolute atomic E-state index is 0.101. The maximum absolute atomic E-state index is 13.0. The van der Waals surface area contributed by atoms with E-state index >= 15 is 0 Å². The Morgan fingerprint density at radius 1 is 1.33 bits per heavy atom. The van der Waals surface area contributed by atoms with Crippen LogP contribution in [0.4, 0.5) is 10.1 Å². The predicted molar refractivity (Wildman–Crippen MR) is 77.8 cm³/mol. The minimum atomic E-state index is -1.81. The lowest BCUT2D eigenvalue weighted by Gasteiger charge is -2.24. The molecule has 1 aliphatic rings. The Morgan fingerprint density at radius 2 is 1.90 bits per heavy atom. The van der Waals surface area contributed by atoms with Crippen molar-refractivity contribution in [2.24, 2.45) is 0 Å². The maximum atomic E-state index is 13.0. The average Bonchev–Trinajstić information content (AvgIpc) is 2.71. The van der Waals surface area contributed by atoms with Crippen molar-refractivity contribution in [2.75, 3.05) is 12.0 Å². The second-order valence-electron chi connectivity index (χ2n) is 4.28. The van der Waals surface area contributed by atoms with Gasteiger partial charge in [-0.25, -0.2) is 9.18 Å². The number of ether oxygens (including phenoxy) is 1. The summed E-state index contributed by atoms with van der Waals surface area (Å²) in [5.74, 6) is -1.83. The fourth-order valence-electron chi connectivity index (χ4n) is 2.10. The van der Waals surface area contributed by atoms with Crippen molar-refractivity contribution in [2.45, 2.75) is 11.3 Å². The Kier molecular flexibility index (Phi) is 4.46. The maximum Gasteiger partial charge on any atom is 0.333 e. The molecule has 0 saturated carbocycles. The highest BCUT2D eigenvalue weighted by molar-refractivity contribution is 6.58. The zero-order valence-corrected chi connectivity index (χ0v) is 13.0. The lowest BCUT2D eigenvalue weighted by atomic mass is 10.1. The molecule has 1 saturated heterocycles. The molecule has 1 fully saturated rings. The van der Waals surface area contributed by atoms with E-state index in [2.05, 4.69) is 4.74 Å². The van der Waals surface area contributed by atoms with Gasteiger partial charge in [0.05, 0.1) is 19.2 Å². The third-order valence-electron chi connectivity index (χ3n) is 3.02. The van der Waals surface area contributed by atoms with Crippen molar-refractivity contribution in [3.05, 3.63) is 40.3 Å². The number of rotatable bonds is 2. The molecule has 1 aliphatic heterocycles. The van der Waals surface area contributed by atoms with Crippen LogP contribution in [0.3, 0.4) is 0 Å². The van der Waals surface area contributed by atoms with Crippen LogP contribution in [0.15, 0.2) is 34.5 Å². The first-order valence-corrected chi connectivity index (χ1v) is 6.86. The predicted octanol–water partition coefficient (Wildman–Crippen LogP) is 3.36. The molecule has 1 atom stereocenters. The quantitative estimate of drug-likeness (QED) is 0.606. The third kappa shape index (κ3) is 2.73. The van der Waals surface area contributed by atoms with Gasteiger partial charge >= 0.3 is 5.97 Å². The van der Waals surface area contributed by atoms with Crippen molar-refractivity contribution < 1.29 is 18.7 Å². The van der Waals surface area contributed by atoms with Crippen LogP contribution in [0.5, 0.6) is 0 Å². The van der Waals surface area contributed by atoms with Gasteiger partial charge in [-0.1, -0.05) is 34.8 Å². The average molecular weight is 353 g/mol. The Balaban J connectivity index is 2.57. The zero-order chi connectivity index (χ0) is 15.8. The number of carbonyl (C=O) groups excluding carboxylic acids is 2. The van der Waals surface area contributed by atoms with Crippen LogP contribution >= 0.6 is 34.8 Å². The van der Waals surface area contributed by atoms with Crippen LogP contribution in [-0.2, 0) is 14.3 Å². The summed E-state index contributed by atoms with van der Waals surface area (Å²) in [6.45, 7) is 0. The monoisotopic (exact) mass is 351 g/mol. The summed E-state index contributed by atoms with van der Waals surface area (Å²) in [4.78, 5) is 23.4. The van der Waals surface area contributed by atoms with Gasteiger partial charge in [-0.05, 0) is 24.3 Å². The number of alkyl halides is 1. The van der Waals surface area contributed by atoms with Crippen molar-refractivity contribution in [1.82, 2.24) is 0 Å². The third-order valence-corrected chi connectivity index (χ3v) is 3.84. The molecule has 4 nitrogen and oxygen atoms in total. The van der Waals surface area contributed by atoms with Crippen LogP contribution in [-0.4, -0.2) is 23.9 Å². The number of nitrogens with zero attached hydrogens (tertiary/aromatic N) is 1. The van der Waals surface area contributed by atoms with Crippen molar-refractivity contribution in [3.8, 4) is 0 Å². The Morgan fingerprint density at radius 3 is 2.38 bits per heavy atom. The molecule has 0 N–H and O–H groups in total. The van der Waals surface area contributed by atoms with Gasteiger partial charge in [-0.15, -0.1) is 0 Å². The fraction of sp³-hybridized carbons (Fsp3) is 0.231. The van der Waals surface area contributed by atoms with Crippen LogP contribution in [0.2, 0.25) is 0 Å². The van der Waals surface area contributed by atoms with E-state index in [0.717, 1.165) is 24.1 Å². The molecule has 1 amide bonds. The first-order valence-electron chi connectivity index (χ1n) is 5.73. The van der Waals surface area contributed by atoms with Crippen LogP contribution in [0.25, 0.3) is 0 Å². The number of hydrogen-bond acceptors (Lipinski definition) is 3. The van der Waals surface area contributed by atoms with Gasteiger partial charge in [-0.2, -0.15) is 0 Å². The summed E-state index contributed by atoms with van der Waals surface area (Å²) in [5.41, 5.74) is 0.192. The van der Waals surface area contributed by atoms with Crippen molar-refractivity contribution >= 4 is 52.4 Å². The second-order valence-corrected chi connectivity index (χ2v) is 5.88. The number of anilines is 1. The molecule has 0 aliphatic carbocycles. The number of esters is 1. The first kappa shape index (κ1) is 16.1. The summed E-state index contributed by atoms with van der Waals surface area (Å²) >= 11 is 17.8. The molecule has 1 aromatic carbocycles. The van der Waals surface area contributed by atoms with E-state index in [4.69, 9.17) is 34.8 Å². The van der Waals surface area contributed by atoms with Gasteiger partial charge in [0, 0.05) is 5.69 Å². The van der Waals surface area contributed by atoms with E-state index in [-0.39, 0.29) is 16.6 Å². The lowest BCUT2D eigenvalue weighted by Crippen LogP contribution is -2.35. The molecule has 2 rings (SSSR count). The normalized spacial score (nSPS) is 21.7. The minimum Gasteiger partial charge on any atom is -0.467 e. The topological polar surface area (TPSA) is 46.6 Å². The molecular weight excluding hydrogens is 344 g/mol. The first-order chi connectivity index (χ1) is 9.81. The van der Waals surface area contributed by atoms with Crippen molar-refractivity contribution in [3.63, 3.8) is 0 Å². The lowest BCUT2D eigenvalue weighted by molar-refractivity contribution is -0.143. The van der Waals surface area contributed by atoms with E-state index in [1.54, 1.807) is 0 Å². The standard InChI is InChI=1S/C13H9Cl3FNO3/c1-21-12(20)13(16)6-9(19)18(10(13)11(14)15)8-4-2-7(17)3-5-8/h2-5H,6H2,1H3. The van der Waals surface area contributed by atoms with Crippen LogP contribution in [0.1, 0.15) is 6.42 Å². The smallest absolute Gasteiger partial charge is 0.333 e. The highest BCUT2D eigenvalue weighted by Gasteiger charge is 2.55. The number of amides is 1. The van der Waals surface area contributed by atoms with E-state index in [1.807, 2.05) is 0 Å². The second kappa shape index (κ2) is 5.83. The van der Waals surface area contributed by atoms with Crippen LogP contribution < -0.4 is 4.90 Å². The largest absolute Gasteiger partial charge is 0.467 e. The van der Waals surface area contributed by atoms with E-state index < -0.39 is 22.6 Å². The Bertz CT molecular complexity index is 628. The molecule has 0 spiro atoms. The molecule has 0 aromatic heterocycles. The molecular formula is C13H9Cl3FNO3. The SMILES string of the molecule is COC(=O)C1(Cl)CC(=O)N(c2ccc(F)cc2)C1=C(Cl)Cl. The molecule has 1 aromatic rings. The zero-order valence-electron chi connectivity index (χ0n) is 10.7. The highest BCUT2D eigenvalue weighted by atomic mass is 35.5. The molecule has 0 radical (unpaired) electrons. The number of halogens is 4. The number of benzene rings is 1. The Labute approximate surface area is 135 Å².